The average Bonchev–Trinajstić information content (AvgIpc) is 2.69. The van der Waals surface area contributed by atoms with Crippen molar-refractivity contribution in [2.45, 2.75) is 38.1 Å². The number of nitrogens with zero attached hydrogens (tertiary/aromatic N) is 1. The third kappa shape index (κ3) is 2.57. The second kappa shape index (κ2) is 4.35. The molecule has 0 unspecified atom stereocenters. The number of nitrogens with one attached hydrogen (secondary N) is 1. The van der Waals surface area contributed by atoms with Gasteiger partial charge in [0.25, 0.3) is 11.5 Å². The van der Waals surface area contributed by atoms with Crippen molar-refractivity contribution < 1.29 is 4.79 Å². The summed E-state index contributed by atoms with van der Waals surface area (Å²) in [5.41, 5.74) is 0.188. The summed E-state index contributed by atoms with van der Waals surface area (Å²) in [6.45, 7) is 2.07. The van der Waals surface area contributed by atoms with Crippen LogP contribution in [0.5, 0.6) is 0 Å². The number of aryl methyl sites for hydroxylation is 1. The van der Waals surface area contributed by atoms with Gasteiger partial charge >= 0.3 is 0 Å². The second-order valence-electron chi connectivity index (χ2n) is 5.09. The maximum absolute atomic E-state index is 12.0. The summed E-state index contributed by atoms with van der Waals surface area (Å²) < 4.78 is 1.45. The zero-order valence-corrected chi connectivity index (χ0v) is 10.3. The van der Waals surface area contributed by atoms with Gasteiger partial charge in [0.15, 0.2) is 0 Å². The van der Waals surface area contributed by atoms with Crippen LogP contribution >= 0.6 is 0 Å². The number of pyridine rings is 1. The third-order valence-corrected chi connectivity index (χ3v) is 3.49. The fraction of sp³-hybridized carbons (Fsp3) is 0.538. The van der Waals surface area contributed by atoms with Crippen LogP contribution in [0.25, 0.3) is 0 Å². The van der Waals surface area contributed by atoms with Crippen molar-refractivity contribution in [1.29, 1.82) is 0 Å². The summed E-state index contributed by atoms with van der Waals surface area (Å²) in [5, 5.41) is 3.03. The van der Waals surface area contributed by atoms with Crippen LogP contribution in [0.2, 0.25) is 0 Å². The predicted octanol–water partition coefficient (Wildman–Crippen LogP) is 1.45. The molecule has 0 saturated heterocycles. The lowest BCUT2D eigenvalue weighted by Gasteiger charge is -2.25. The van der Waals surface area contributed by atoms with Crippen molar-refractivity contribution in [3.05, 3.63) is 34.2 Å². The number of rotatable bonds is 2. The highest BCUT2D eigenvalue weighted by Gasteiger charge is 2.30. The quantitative estimate of drug-likeness (QED) is 0.842. The molecule has 0 aromatic carbocycles. The fourth-order valence-electron chi connectivity index (χ4n) is 2.32. The van der Waals surface area contributed by atoms with E-state index in [0.29, 0.717) is 5.56 Å². The fourth-order valence-corrected chi connectivity index (χ4v) is 2.32. The Balaban J connectivity index is 2.14. The molecule has 2 rings (SSSR count). The van der Waals surface area contributed by atoms with Gasteiger partial charge in [0.1, 0.15) is 0 Å². The van der Waals surface area contributed by atoms with Crippen LogP contribution in [0.15, 0.2) is 23.1 Å². The Morgan fingerprint density at radius 1 is 1.41 bits per heavy atom. The Morgan fingerprint density at radius 3 is 2.65 bits per heavy atom. The van der Waals surface area contributed by atoms with E-state index in [9.17, 15) is 9.59 Å². The largest absolute Gasteiger partial charge is 0.347 e. The van der Waals surface area contributed by atoms with E-state index in [2.05, 4.69) is 12.2 Å². The Hall–Kier alpha value is -1.58. The maximum Gasteiger partial charge on any atom is 0.251 e. The molecule has 0 bridgehead atoms. The standard InChI is InChI=1S/C13H18N2O2/c1-13(6-3-4-7-13)14-12(17)10-5-8-15(2)11(16)9-10/h5,8-9H,3-4,6-7H2,1-2H3,(H,14,17). The summed E-state index contributed by atoms with van der Waals surface area (Å²) in [6, 6.07) is 3.06. The van der Waals surface area contributed by atoms with Crippen LogP contribution < -0.4 is 10.9 Å². The molecule has 1 amide bonds. The number of carbonyl (C=O) groups is 1. The lowest BCUT2D eigenvalue weighted by Crippen LogP contribution is -2.43. The van der Waals surface area contributed by atoms with Crippen molar-refractivity contribution in [3.63, 3.8) is 0 Å². The molecule has 0 atom stereocenters. The van der Waals surface area contributed by atoms with Gasteiger partial charge in [-0.05, 0) is 25.8 Å². The average molecular weight is 234 g/mol. The van der Waals surface area contributed by atoms with E-state index in [0.717, 1.165) is 25.7 Å². The second-order valence-corrected chi connectivity index (χ2v) is 5.09. The minimum absolute atomic E-state index is 0.0990. The van der Waals surface area contributed by atoms with Crippen LogP contribution in [0, 0.1) is 0 Å². The maximum atomic E-state index is 12.0. The topological polar surface area (TPSA) is 51.1 Å². The summed E-state index contributed by atoms with van der Waals surface area (Å²) in [7, 11) is 1.67. The van der Waals surface area contributed by atoms with Crippen LogP contribution in [0.3, 0.4) is 0 Å². The lowest BCUT2D eigenvalue weighted by molar-refractivity contribution is 0.0908. The highest BCUT2D eigenvalue weighted by atomic mass is 16.2. The molecule has 4 heteroatoms. The molecule has 1 saturated carbocycles. The van der Waals surface area contributed by atoms with E-state index in [1.54, 1.807) is 19.3 Å². The molecule has 0 spiro atoms. The number of amides is 1. The first-order valence-corrected chi connectivity index (χ1v) is 5.99. The lowest BCUT2D eigenvalue weighted by atomic mass is 10.0. The highest BCUT2D eigenvalue weighted by Crippen LogP contribution is 2.29. The number of carbonyl (C=O) groups excluding carboxylic acids is 1. The molecule has 92 valence electrons. The van der Waals surface area contributed by atoms with Gasteiger partial charge in [-0.1, -0.05) is 12.8 Å². The molecule has 17 heavy (non-hydrogen) atoms. The molecule has 1 fully saturated rings. The molecular formula is C13H18N2O2. The van der Waals surface area contributed by atoms with Crippen LogP contribution in [0.4, 0.5) is 0 Å². The number of hydrogen-bond donors (Lipinski definition) is 1. The predicted molar refractivity (Wildman–Crippen MR) is 66.0 cm³/mol. The van der Waals surface area contributed by atoms with Crippen molar-refractivity contribution >= 4 is 5.91 Å². The van der Waals surface area contributed by atoms with E-state index in [-0.39, 0.29) is 17.0 Å². The first kappa shape index (κ1) is 11.9. The van der Waals surface area contributed by atoms with Crippen molar-refractivity contribution in [2.24, 2.45) is 7.05 Å². The van der Waals surface area contributed by atoms with Gasteiger partial charge in [0, 0.05) is 30.4 Å². The van der Waals surface area contributed by atoms with Crippen molar-refractivity contribution in [3.8, 4) is 0 Å². The molecule has 1 aliphatic carbocycles. The van der Waals surface area contributed by atoms with E-state index in [1.165, 1.54) is 10.6 Å². The minimum atomic E-state index is -0.158. The van der Waals surface area contributed by atoms with Gasteiger partial charge in [-0.2, -0.15) is 0 Å². The van der Waals surface area contributed by atoms with Gasteiger partial charge in [-0.15, -0.1) is 0 Å². The van der Waals surface area contributed by atoms with E-state index >= 15 is 0 Å². The normalized spacial score (nSPS) is 18.0. The number of aromatic nitrogens is 1. The molecule has 1 heterocycles. The van der Waals surface area contributed by atoms with Crippen LogP contribution in [0.1, 0.15) is 43.0 Å². The molecule has 1 aliphatic rings. The third-order valence-electron chi connectivity index (χ3n) is 3.49. The van der Waals surface area contributed by atoms with Gasteiger partial charge in [-0.3, -0.25) is 9.59 Å². The van der Waals surface area contributed by atoms with E-state index in [1.807, 2.05) is 0 Å². The van der Waals surface area contributed by atoms with Crippen LogP contribution in [-0.2, 0) is 7.05 Å². The SMILES string of the molecule is Cn1ccc(C(=O)NC2(C)CCCC2)cc1=O. The minimum Gasteiger partial charge on any atom is -0.347 e. The first-order chi connectivity index (χ1) is 8.00. The Bertz CT molecular complexity index is 484. The summed E-state index contributed by atoms with van der Waals surface area (Å²) >= 11 is 0. The van der Waals surface area contributed by atoms with Gasteiger partial charge in [-0.25, -0.2) is 0 Å². The van der Waals surface area contributed by atoms with Gasteiger partial charge in [0.05, 0.1) is 0 Å². The molecule has 4 nitrogen and oxygen atoms in total. The Kier molecular flexibility index (Phi) is 3.05. The van der Waals surface area contributed by atoms with Crippen molar-refractivity contribution in [2.75, 3.05) is 0 Å². The zero-order chi connectivity index (χ0) is 12.5. The smallest absolute Gasteiger partial charge is 0.251 e. The van der Waals surface area contributed by atoms with E-state index < -0.39 is 0 Å². The molecule has 1 N–H and O–H groups in total. The highest BCUT2D eigenvalue weighted by molar-refractivity contribution is 5.94. The van der Waals surface area contributed by atoms with Gasteiger partial charge in [0.2, 0.25) is 0 Å². The Morgan fingerprint density at radius 2 is 2.06 bits per heavy atom. The molecular weight excluding hydrogens is 216 g/mol. The summed E-state index contributed by atoms with van der Waals surface area (Å²) in [5.74, 6) is -0.146. The van der Waals surface area contributed by atoms with Gasteiger partial charge < -0.3 is 9.88 Å². The van der Waals surface area contributed by atoms with E-state index in [4.69, 9.17) is 0 Å². The number of hydrogen-bond acceptors (Lipinski definition) is 2. The summed E-state index contributed by atoms with van der Waals surface area (Å²) in [4.78, 5) is 23.5. The molecule has 0 aliphatic heterocycles. The Labute approximate surface area is 101 Å². The monoisotopic (exact) mass is 234 g/mol. The van der Waals surface area contributed by atoms with Crippen molar-refractivity contribution in [1.82, 2.24) is 9.88 Å². The van der Waals surface area contributed by atoms with Crippen LogP contribution in [-0.4, -0.2) is 16.0 Å². The molecule has 1 aromatic rings. The zero-order valence-electron chi connectivity index (χ0n) is 10.3. The first-order valence-electron chi connectivity index (χ1n) is 5.99. The molecule has 0 radical (unpaired) electrons. The summed E-state index contributed by atoms with van der Waals surface area (Å²) in [6.07, 6.45) is 5.97. The molecule has 1 aromatic heterocycles.